The first-order valence-electron chi connectivity index (χ1n) is 13.4. The normalized spacial score (nSPS) is 11.8. The fourth-order valence-electron chi connectivity index (χ4n) is 3.81. The average Bonchev–Trinajstić information content (AvgIpc) is 2.95. The Labute approximate surface area is 274 Å². The van der Waals surface area contributed by atoms with E-state index in [9.17, 15) is 9.59 Å². The highest BCUT2D eigenvalue weighted by atomic mass is 35.5. The minimum absolute atomic E-state index is 0.0786. The average molecular weight is 726 g/mol. The molecule has 2 aromatic carbocycles. The first-order valence-corrected chi connectivity index (χ1v) is 19.3. The molecule has 0 spiro atoms. The molecule has 2 aromatic heterocycles. The molecule has 0 aliphatic heterocycles. The standard InChI is InChI=1S/2C14H16ClO5PS/c2*1-4-17-21(22,18-5-2)20-10-6-7-11-9(3)13(15)14(16)19-12(11)8-10/h2*6-8H,4-5H2,1-3H3. The highest BCUT2D eigenvalue weighted by Gasteiger charge is 2.23. The molecular formula is C28H32Cl2O10P2S2. The Morgan fingerprint density at radius 1 is 0.636 bits per heavy atom. The summed E-state index contributed by atoms with van der Waals surface area (Å²) >= 11 is 22.4. The molecular weight excluding hydrogens is 693 g/mol. The predicted octanol–water partition coefficient (Wildman–Crippen LogP) is 8.86. The van der Waals surface area contributed by atoms with E-state index in [-0.39, 0.29) is 10.0 Å². The topological polar surface area (TPSA) is 116 Å². The predicted molar refractivity (Wildman–Crippen MR) is 181 cm³/mol. The van der Waals surface area contributed by atoms with Crippen LogP contribution in [0, 0.1) is 13.8 Å². The first kappa shape index (κ1) is 36.6. The van der Waals surface area contributed by atoms with Gasteiger partial charge in [-0.1, -0.05) is 23.2 Å². The summed E-state index contributed by atoms with van der Waals surface area (Å²) in [4.78, 5) is 23.3. The number of fused-ring (bicyclic) bond motifs is 2. The van der Waals surface area contributed by atoms with Crippen molar-refractivity contribution in [3.05, 3.63) is 78.4 Å². The van der Waals surface area contributed by atoms with Crippen LogP contribution in [0.4, 0.5) is 0 Å². The van der Waals surface area contributed by atoms with Gasteiger partial charge >= 0.3 is 24.7 Å². The van der Waals surface area contributed by atoms with Crippen LogP contribution in [0.25, 0.3) is 21.9 Å². The molecule has 0 unspecified atom stereocenters. The summed E-state index contributed by atoms with van der Waals surface area (Å²) in [5.41, 5.74) is 0.899. The number of rotatable bonds is 12. The largest absolute Gasteiger partial charge is 0.424 e. The molecule has 0 bridgehead atoms. The van der Waals surface area contributed by atoms with E-state index in [0.717, 1.165) is 10.8 Å². The first-order chi connectivity index (χ1) is 20.8. The van der Waals surface area contributed by atoms with Crippen LogP contribution in [0.2, 0.25) is 10.0 Å². The number of benzene rings is 2. The van der Waals surface area contributed by atoms with Crippen molar-refractivity contribution in [1.29, 1.82) is 0 Å². The second kappa shape index (κ2) is 16.1. The van der Waals surface area contributed by atoms with Gasteiger partial charge in [-0.3, -0.25) is 18.1 Å². The monoisotopic (exact) mass is 724 g/mol. The zero-order valence-electron chi connectivity index (χ0n) is 24.8. The van der Waals surface area contributed by atoms with E-state index in [1.165, 1.54) is 0 Å². The van der Waals surface area contributed by atoms with E-state index in [4.69, 9.17) is 82.8 Å². The molecule has 4 aromatic rings. The van der Waals surface area contributed by atoms with Crippen molar-refractivity contribution in [2.75, 3.05) is 26.4 Å². The second-order valence-corrected chi connectivity index (χ2v) is 15.3. The summed E-state index contributed by atoms with van der Waals surface area (Å²) < 4.78 is 43.4. The minimum Gasteiger partial charge on any atom is -0.424 e. The molecule has 44 heavy (non-hydrogen) atoms. The summed E-state index contributed by atoms with van der Waals surface area (Å²) in [5, 5.41) is 1.63. The zero-order chi connectivity index (χ0) is 32.7. The number of hydrogen-bond acceptors (Lipinski definition) is 12. The van der Waals surface area contributed by atoms with Gasteiger partial charge in [0.2, 0.25) is 0 Å². The molecule has 0 radical (unpaired) electrons. The Morgan fingerprint density at radius 3 is 1.25 bits per heavy atom. The maximum absolute atomic E-state index is 11.7. The third-order valence-electron chi connectivity index (χ3n) is 5.72. The fourth-order valence-corrected chi connectivity index (χ4v) is 8.24. The Balaban J connectivity index is 0.000000240. The van der Waals surface area contributed by atoms with Crippen molar-refractivity contribution in [2.24, 2.45) is 0 Å². The van der Waals surface area contributed by atoms with Crippen molar-refractivity contribution < 1.29 is 36.0 Å². The quantitative estimate of drug-likeness (QED) is 0.103. The molecule has 0 N–H and O–H groups in total. The molecule has 4 rings (SSSR count). The summed E-state index contributed by atoms with van der Waals surface area (Å²) in [7, 11) is 0. The van der Waals surface area contributed by atoms with Crippen molar-refractivity contribution in [3.8, 4) is 11.5 Å². The molecule has 0 aliphatic rings. The lowest BCUT2D eigenvalue weighted by atomic mass is 10.1. The van der Waals surface area contributed by atoms with E-state index in [1.54, 1.807) is 50.2 Å². The lowest BCUT2D eigenvalue weighted by Crippen LogP contribution is -2.03. The van der Waals surface area contributed by atoms with Crippen LogP contribution in [0.5, 0.6) is 11.5 Å². The van der Waals surface area contributed by atoms with Crippen LogP contribution in [0.15, 0.2) is 54.8 Å². The molecule has 0 saturated heterocycles. The maximum Gasteiger partial charge on any atom is 0.380 e. The van der Waals surface area contributed by atoms with Gasteiger partial charge in [0.05, 0.1) is 26.4 Å². The van der Waals surface area contributed by atoms with E-state index in [0.29, 0.717) is 60.2 Å². The van der Waals surface area contributed by atoms with E-state index >= 15 is 0 Å². The van der Waals surface area contributed by atoms with Crippen LogP contribution in [-0.2, 0) is 41.7 Å². The van der Waals surface area contributed by atoms with Gasteiger partial charge in [0.15, 0.2) is 0 Å². The highest BCUT2D eigenvalue weighted by Crippen LogP contribution is 2.51. The third kappa shape index (κ3) is 9.13. The van der Waals surface area contributed by atoms with Crippen LogP contribution < -0.4 is 20.3 Å². The Morgan fingerprint density at radius 2 is 0.955 bits per heavy atom. The van der Waals surface area contributed by atoms with Crippen LogP contribution in [0.1, 0.15) is 38.8 Å². The highest BCUT2D eigenvalue weighted by molar-refractivity contribution is 8.08. The molecule has 16 heteroatoms. The van der Waals surface area contributed by atoms with Gasteiger partial charge in [-0.2, -0.15) is 0 Å². The van der Waals surface area contributed by atoms with E-state index in [1.807, 2.05) is 27.7 Å². The van der Waals surface area contributed by atoms with Crippen molar-refractivity contribution in [3.63, 3.8) is 0 Å². The van der Waals surface area contributed by atoms with Crippen molar-refractivity contribution >= 4 is 82.2 Å². The van der Waals surface area contributed by atoms with Gasteiger partial charge in [-0.05, 0) is 76.9 Å². The van der Waals surface area contributed by atoms with Crippen molar-refractivity contribution in [1.82, 2.24) is 0 Å². The lowest BCUT2D eigenvalue weighted by Gasteiger charge is -2.21. The molecule has 0 atom stereocenters. The van der Waals surface area contributed by atoms with Gasteiger partial charge < -0.3 is 17.9 Å². The molecule has 240 valence electrons. The lowest BCUT2D eigenvalue weighted by molar-refractivity contribution is 0.217. The maximum atomic E-state index is 11.7. The molecule has 2 heterocycles. The van der Waals surface area contributed by atoms with Crippen LogP contribution in [0.3, 0.4) is 0 Å². The van der Waals surface area contributed by atoms with Crippen molar-refractivity contribution in [2.45, 2.75) is 41.5 Å². The van der Waals surface area contributed by atoms with Gasteiger partial charge in [0.25, 0.3) is 0 Å². The van der Waals surface area contributed by atoms with Gasteiger partial charge in [-0.25, -0.2) is 9.59 Å². The van der Waals surface area contributed by atoms with E-state index < -0.39 is 24.7 Å². The fraction of sp³-hybridized carbons (Fsp3) is 0.357. The molecule has 0 amide bonds. The molecule has 10 nitrogen and oxygen atoms in total. The molecule has 0 saturated carbocycles. The summed E-state index contributed by atoms with van der Waals surface area (Å²) in [6.45, 7) is 6.57. The van der Waals surface area contributed by atoms with Gasteiger partial charge in [0, 0.05) is 46.5 Å². The Bertz CT molecular complexity index is 1690. The zero-order valence-corrected chi connectivity index (χ0v) is 29.8. The Kier molecular flexibility index (Phi) is 13.4. The van der Waals surface area contributed by atoms with Gasteiger partial charge in [0.1, 0.15) is 32.7 Å². The molecule has 0 aliphatic carbocycles. The summed E-state index contributed by atoms with van der Waals surface area (Å²) in [6.07, 6.45) is 0. The van der Waals surface area contributed by atoms with Crippen LogP contribution in [-0.4, -0.2) is 26.4 Å². The number of halogens is 2. The van der Waals surface area contributed by atoms with Gasteiger partial charge in [-0.15, -0.1) is 0 Å². The van der Waals surface area contributed by atoms with E-state index in [2.05, 4.69) is 0 Å². The second-order valence-electron chi connectivity index (χ2n) is 8.72. The summed E-state index contributed by atoms with van der Waals surface area (Å²) in [6, 6.07) is 10.1. The molecule has 0 fully saturated rings. The number of hydrogen-bond donors (Lipinski definition) is 0. The third-order valence-corrected chi connectivity index (χ3v) is 11.5. The Hall–Kier alpha value is -1.82. The summed E-state index contributed by atoms with van der Waals surface area (Å²) in [5.74, 6) is 0.838. The number of aryl methyl sites for hydroxylation is 2. The minimum atomic E-state index is -2.87. The smallest absolute Gasteiger partial charge is 0.380 e. The SMILES string of the molecule is CCOP(=S)(OCC)Oc1ccc2c(C)c(Cl)c(=O)oc2c1.CCOP(=S)(OCC)Oc1ccc2c(C)c(Cl)c(=O)oc2c1. The van der Waals surface area contributed by atoms with Crippen LogP contribution >= 0.6 is 36.6 Å².